The highest BCUT2D eigenvalue weighted by molar-refractivity contribution is 7.98. The first-order valence-corrected chi connectivity index (χ1v) is 10.1. The molecule has 1 aliphatic heterocycles. The zero-order chi connectivity index (χ0) is 18.4. The molecule has 1 fully saturated rings. The van der Waals surface area contributed by atoms with Gasteiger partial charge in [0, 0.05) is 30.7 Å². The van der Waals surface area contributed by atoms with Crippen LogP contribution in [0.15, 0.2) is 35.6 Å². The molecule has 3 rings (SSSR count). The van der Waals surface area contributed by atoms with Crippen molar-refractivity contribution in [1.29, 1.82) is 0 Å². The number of ether oxygens (including phenoxy) is 1. The quantitative estimate of drug-likeness (QED) is 0.427. The van der Waals surface area contributed by atoms with Gasteiger partial charge in [0.2, 0.25) is 0 Å². The zero-order valence-electron chi connectivity index (χ0n) is 15.6. The van der Waals surface area contributed by atoms with Crippen LogP contribution in [-0.2, 0) is 4.74 Å². The van der Waals surface area contributed by atoms with Gasteiger partial charge in [0.25, 0.3) is 0 Å². The third-order valence-corrected chi connectivity index (χ3v) is 4.86. The van der Waals surface area contributed by atoms with Crippen LogP contribution >= 0.6 is 24.2 Å². The second kappa shape index (κ2) is 10.4. The minimum atomic E-state index is -0.424. The Bertz CT molecular complexity index is 752. The van der Waals surface area contributed by atoms with E-state index >= 15 is 0 Å². The summed E-state index contributed by atoms with van der Waals surface area (Å²) in [5, 5.41) is 3.84. The number of halogens is 1. The highest BCUT2D eigenvalue weighted by Crippen LogP contribution is 2.25. The number of benzene rings is 1. The monoisotopic (exact) mass is 408 g/mol. The molecule has 0 spiro atoms. The van der Waals surface area contributed by atoms with Crippen LogP contribution in [-0.4, -0.2) is 41.9 Å². The lowest BCUT2D eigenvalue weighted by atomic mass is 10.1. The Balaban J connectivity index is 0.00000261. The highest BCUT2D eigenvalue weighted by Gasteiger charge is 2.16. The third kappa shape index (κ3) is 5.49. The van der Waals surface area contributed by atoms with Gasteiger partial charge in [-0.25, -0.2) is 14.8 Å². The first kappa shape index (κ1) is 21.3. The zero-order valence-corrected chi connectivity index (χ0v) is 17.2. The van der Waals surface area contributed by atoms with Crippen molar-refractivity contribution in [1.82, 2.24) is 9.97 Å². The van der Waals surface area contributed by atoms with Crippen LogP contribution in [0.5, 0.6) is 0 Å². The molecule has 2 heterocycles. The molecule has 1 aromatic carbocycles. The summed E-state index contributed by atoms with van der Waals surface area (Å²) in [5.74, 6) is 0.0427. The normalized spacial score (nSPS) is 13.6. The van der Waals surface area contributed by atoms with Gasteiger partial charge in [0.05, 0.1) is 6.61 Å². The van der Waals surface area contributed by atoms with E-state index in [1.165, 1.54) is 42.9 Å². The van der Waals surface area contributed by atoms with Crippen LogP contribution in [0.1, 0.15) is 36.5 Å². The maximum atomic E-state index is 12.2. The molecule has 6 nitrogen and oxygen atoms in total. The summed E-state index contributed by atoms with van der Waals surface area (Å²) in [5.41, 5.74) is 2.44. The molecule has 146 valence electrons. The maximum Gasteiger partial charge on any atom is 0.343 e. The number of nitrogens with zero attached hydrogens (tertiary/aromatic N) is 3. The molecule has 0 radical (unpaired) electrons. The van der Waals surface area contributed by atoms with Gasteiger partial charge in [-0.15, -0.1) is 12.4 Å². The van der Waals surface area contributed by atoms with Gasteiger partial charge in [-0.1, -0.05) is 11.8 Å². The van der Waals surface area contributed by atoms with Gasteiger partial charge in [0.15, 0.2) is 5.16 Å². The van der Waals surface area contributed by atoms with Crippen LogP contribution in [0.3, 0.4) is 0 Å². The van der Waals surface area contributed by atoms with E-state index in [2.05, 4.69) is 32.3 Å². The summed E-state index contributed by atoms with van der Waals surface area (Å²) in [4.78, 5) is 23.2. The maximum absolute atomic E-state index is 12.2. The molecule has 0 bridgehead atoms. The molecular weight excluding hydrogens is 384 g/mol. The fourth-order valence-electron chi connectivity index (χ4n) is 2.96. The van der Waals surface area contributed by atoms with Crippen LogP contribution in [0.4, 0.5) is 17.2 Å². The Morgan fingerprint density at radius 1 is 1.22 bits per heavy atom. The molecule has 27 heavy (non-hydrogen) atoms. The molecule has 1 aliphatic rings. The number of thioether (sulfide) groups is 1. The second-order valence-corrected chi connectivity index (χ2v) is 6.83. The number of carbonyl (C=O) groups is 1. The average molecular weight is 409 g/mol. The summed E-state index contributed by atoms with van der Waals surface area (Å²) in [6.07, 6.45) is 7.23. The van der Waals surface area contributed by atoms with Crippen molar-refractivity contribution < 1.29 is 9.53 Å². The molecule has 1 saturated heterocycles. The molecule has 0 atom stereocenters. The summed E-state index contributed by atoms with van der Waals surface area (Å²) in [7, 11) is 0. The first-order chi connectivity index (χ1) is 12.7. The van der Waals surface area contributed by atoms with Crippen molar-refractivity contribution in [3.63, 3.8) is 0 Å². The molecule has 2 aromatic rings. The lowest BCUT2D eigenvalue weighted by Crippen LogP contribution is -2.29. The van der Waals surface area contributed by atoms with E-state index in [4.69, 9.17) is 4.74 Å². The fourth-order valence-corrected chi connectivity index (χ4v) is 3.30. The molecule has 0 aliphatic carbocycles. The smallest absolute Gasteiger partial charge is 0.343 e. The van der Waals surface area contributed by atoms with E-state index in [1.54, 1.807) is 6.92 Å². The van der Waals surface area contributed by atoms with Crippen LogP contribution in [0.25, 0.3) is 0 Å². The van der Waals surface area contributed by atoms with Gasteiger partial charge in [-0.2, -0.15) is 0 Å². The third-order valence-electron chi connectivity index (χ3n) is 4.30. The molecular formula is C19H25ClN4O2S. The molecule has 8 heteroatoms. The number of esters is 1. The topological polar surface area (TPSA) is 67.3 Å². The SMILES string of the molecule is CCOC(=O)c1cnc(SC)nc1Nc1ccc(N2CCCCC2)cc1.Cl. The van der Waals surface area contributed by atoms with Crippen LogP contribution < -0.4 is 10.2 Å². The molecule has 1 aromatic heterocycles. The largest absolute Gasteiger partial charge is 0.462 e. The lowest BCUT2D eigenvalue weighted by molar-refractivity contribution is 0.0526. The van der Waals surface area contributed by atoms with Gasteiger partial charge >= 0.3 is 5.97 Å². The Morgan fingerprint density at radius 2 is 1.93 bits per heavy atom. The Morgan fingerprint density at radius 3 is 2.56 bits per heavy atom. The van der Waals surface area contributed by atoms with Crippen LogP contribution in [0.2, 0.25) is 0 Å². The number of carbonyl (C=O) groups excluding carboxylic acids is 1. The molecule has 0 amide bonds. The standard InChI is InChI=1S/C19H24N4O2S.ClH/c1-3-25-18(24)16-13-20-19(26-2)22-17(16)21-14-7-9-15(10-8-14)23-11-5-4-6-12-23;/h7-10,13H,3-6,11-12H2,1-2H3,(H,20,21,22);1H. The minimum Gasteiger partial charge on any atom is -0.462 e. The number of piperidine rings is 1. The first-order valence-electron chi connectivity index (χ1n) is 8.91. The number of aromatic nitrogens is 2. The Hall–Kier alpha value is -1.99. The summed E-state index contributed by atoms with van der Waals surface area (Å²) < 4.78 is 5.11. The van der Waals surface area contributed by atoms with E-state index in [-0.39, 0.29) is 12.4 Å². The van der Waals surface area contributed by atoms with Crippen molar-refractivity contribution in [2.24, 2.45) is 0 Å². The summed E-state index contributed by atoms with van der Waals surface area (Å²) in [6, 6.07) is 8.24. The molecule has 0 unspecified atom stereocenters. The van der Waals surface area contributed by atoms with Gasteiger partial charge in [-0.3, -0.25) is 0 Å². The lowest BCUT2D eigenvalue weighted by Gasteiger charge is -2.28. The minimum absolute atomic E-state index is 0. The molecule has 1 N–H and O–H groups in total. The van der Waals surface area contributed by atoms with Crippen LogP contribution in [0, 0.1) is 0 Å². The number of hydrogen-bond acceptors (Lipinski definition) is 7. The number of hydrogen-bond donors (Lipinski definition) is 1. The van der Waals surface area contributed by atoms with Crippen molar-refractivity contribution >= 4 is 47.3 Å². The van der Waals surface area contributed by atoms with Gasteiger partial charge in [-0.05, 0) is 56.7 Å². The summed E-state index contributed by atoms with van der Waals surface area (Å²) >= 11 is 1.43. The van der Waals surface area contributed by atoms with Crippen molar-refractivity contribution in [2.75, 3.05) is 36.2 Å². The van der Waals surface area contributed by atoms with E-state index in [1.807, 2.05) is 18.4 Å². The van der Waals surface area contributed by atoms with E-state index in [0.717, 1.165) is 18.8 Å². The van der Waals surface area contributed by atoms with Gasteiger partial charge in [0.1, 0.15) is 11.4 Å². The predicted molar refractivity (Wildman–Crippen MR) is 113 cm³/mol. The Kier molecular flexibility index (Phi) is 8.19. The number of nitrogens with one attached hydrogen (secondary N) is 1. The Labute approximate surface area is 170 Å². The van der Waals surface area contributed by atoms with Gasteiger partial charge < -0.3 is 15.0 Å². The predicted octanol–water partition coefficient (Wildman–Crippen LogP) is 4.53. The molecule has 0 saturated carbocycles. The summed E-state index contributed by atoms with van der Waals surface area (Å²) in [6.45, 7) is 4.32. The number of rotatable bonds is 6. The van der Waals surface area contributed by atoms with Crippen molar-refractivity contribution in [3.05, 3.63) is 36.0 Å². The van der Waals surface area contributed by atoms with E-state index < -0.39 is 5.97 Å². The second-order valence-electron chi connectivity index (χ2n) is 6.06. The van der Waals surface area contributed by atoms with Crippen molar-refractivity contribution in [3.8, 4) is 0 Å². The highest BCUT2D eigenvalue weighted by atomic mass is 35.5. The van der Waals surface area contributed by atoms with E-state index in [0.29, 0.717) is 23.1 Å². The van der Waals surface area contributed by atoms with Crippen molar-refractivity contribution in [2.45, 2.75) is 31.3 Å². The van der Waals surface area contributed by atoms with E-state index in [9.17, 15) is 4.79 Å². The fraction of sp³-hybridized carbons (Fsp3) is 0.421. The number of anilines is 3. The average Bonchev–Trinajstić information content (AvgIpc) is 2.69.